The summed E-state index contributed by atoms with van der Waals surface area (Å²) in [5.74, 6) is 1.38. The SMILES string of the molecule is CC1CCC2CCCC(S(=O)(=O)O)C2C1. The second-order valence-electron chi connectivity index (χ2n) is 5.33. The van der Waals surface area contributed by atoms with Crippen LogP contribution in [0.4, 0.5) is 0 Å². The molecular formula is C11H20O3S. The van der Waals surface area contributed by atoms with Gasteiger partial charge in [0.25, 0.3) is 10.1 Å². The molecule has 3 nitrogen and oxygen atoms in total. The predicted octanol–water partition coefficient (Wildman–Crippen LogP) is 2.48. The van der Waals surface area contributed by atoms with Gasteiger partial charge in [-0.15, -0.1) is 0 Å². The molecule has 0 radical (unpaired) electrons. The molecule has 88 valence electrons. The molecule has 2 aliphatic rings. The molecule has 2 fully saturated rings. The zero-order valence-corrected chi connectivity index (χ0v) is 10.0. The standard InChI is InChI=1S/C11H20O3S/c1-8-5-6-9-3-2-4-11(10(9)7-8)15(12,13)14/h8-11H,2-7H2,1H3,(H,12,13,14). The second-order valence-corrected chi connectivity index (χ2v) is 6.96. The first-order chi connectivity index (χ1) is 6.98. The molecule has 15 heavy (non-hydrogen) atoms. The van der Waals surface area contributed by atoms with Crippen LogP contribution in [-0.2, 0) is 10.1 Å². The van der Waals surface area contributed by atoms with Crippen molar-refractivity contribution in [2.24, 2.45) is 17.8 Å². The lowest BCUT2D eigenvalue weighted by Crippen LogP contribution is -2.41. The number of fused-ring (bicyclic) bond motifs is 1. The van der Waals surface area contributed by atoms with E-state index in [1.165, 1.54) is 6.42 Å². The molecular weight excluding hydrogens is 212 g/mol. The summed E-state index contributed by atoms with van der Waals surface area (Å²) in [4.78, 5) is 0. The fraction of sp³-hybridized carbons (Fsp3) is 1.00. The Morgan fingerprint density at radius 3 is 2.53 bits per heavy atom. The van der Waals surface area contributed by atoms with Crippen LogP contribution in [0.5, 0.6) is 0 Å². The molecule has 2 aliphatic carbocycles. The van der Waals surface area contributed by atoms with Crippen molar-refractivity contribution in [2.45, 2.75) is 50.7 Å². The quantitative estimate of drug-likeness (QED) is 0.707. The van der Waals surface area contributed by atoms with Gasteiger partial charge in [0.15, 0.2) is 0 Å². The van der Waals surface area contributed by atoms with E-state index >= 15 is 0 Å². The summed E-state index contributed by atoms with van der Waals surface area (Å²) < 4.78 is 31.8. The molecule has 0 bridgehead atoms. The molecule has 2 saturated carbocycles. The van der Waals surface area contributed by atoms with Crippen LogP contribution in [0, 0.1) is 17.8 Å². The summed E-state index contributed by atoms with van der Waals surface area (Å²) in [6, 6.07) is 0. The Morgan fingerprint density at radius 1 is 1.13 bits per heavy atom. The summed E-state index contributed by atoms with van der Waals surface area (Å²) in [6.45, 7) is 2.19. The number of rotatable bonds is 1. The number of hydrogen-bond acceptors (Lipinski definition) is 2. The summed E-state index contributed by atoms with van der Waals surface area (Å²) in [6.07, 6.45) is 6.13. The molecule has 0 aromatic carbocycles. The normalized spacial score (nSPS) is 42.3. The van der Waals surface area contributed by atoms with Gasteiger partial charge in [-0.3, -0.25) is 4.55 Å². The molecule has 0 amide bonds. The zero-order valence-electron chi connectivity index (χ0n) is 9.22. The van der Waals surface area contributed by atoms with E-state index in [2.05, 4.69) is 6.92 Å². The molecule has 0 spiro atoms. The molecule has 4 atom stereocenters. The largest absolute Gasteiger partial charge is 0.285 e. The van der Waals surface area contributed by atoms with Crippen LogP contribution >= 0.6 is 0 Å². The van der Waals surface area contributed by atoms with Gasteiger partial charge < -0.3 is 0 Å². The highest BCUT2D eigenvalue weighted by atomic mass is 32.2. The van der Waals surface area contributed by atoms with E-state index < -0.39 is 15.4 Å². The fourth-order valence-corrected chi connectivity index (χ4v) is 4.71. The average Bonchev–Trinajstić information content (AvgIpc) is 2.15. The van der Waals surface area contributed by atoms with E-state index in [4.69, 9.17) is 0 Å². The van der Waals surface area contributed by atoms with Crippen molar-refractivity contribution in [1.29, 1.82) is 0 Å². The minimum absolute atomic E-state index is 0.220. The predicted molar refractivity (Wildman–Crippen MR) is 59.2 cm³/mol. The van der Waals surface area contributed by atoms with Crippen molar-refractivity contribution < 1.29 is 13.0 Å². The van der Waals surface area contributed by atoms with Crippen molar-refractivity contribution in [3.05, 3.63) is 0 Å². The maximum atomic E-state index is 11.3. The molecule has 0 heterocycles. The molecule has 0 aromatic heterocycles. The van der Waals surface area contributed by atoms with E-state index in [1.807, 2.05) is 0 Å². The van der Waals surface area contributed by atoms with Crippen molar-refractivity contribution in [3.8, 4) is 0 Å². The molecule has 0 aromatic rings. The lowest BCUT2D eigenvalue weighted by atomic mass is 9.68. The van der Waals surface area contributed by atoms with Crippen LogP contribution in [-0.4, -0.2) is 18.2 Å². The Kier molecular flexibility index (Phi) is 3.08. The van der Waals surface area contributed by atoms with Crippen LogP contribution < -0.4 is 0 Å². The van der Waals surface area contributed by atoms with Gasteiger partial charge >= 0.3 is 0 Å². The van der Waals surface area contributed by atoms with Gasteiger partial charge in [0.1, 0.15) is 0 Å². The van der Waals surface area contributed by atoms with Crippen LogP contribution in [0.2, 0.25) is 0 Å². The smallest absolute Gasteiger partial charge is 0.268 e. The lowest BCUT2D eigenvalue weighted by molar-refractivity contribution is 0.136. The van der Waals surface area contributed by atoms with E-state index in [-0.39, 0.29) is 5.92 Å². The Labute approximate surface area is 92.0 Å². The third-order valence-corrected chi connectivity index (χ3v) is 5.58. The number of hydrogen-bond donors (Lipinski definition) is 1. The Hall–Kier alpha value is -0.0900. The summed E-state index contributed by atoms with van der Waals surface area (Å²) in [7, 11) is -3.82. The minimum atomic E-state index is -3.82. The van der Waals surface area contributed by atoms with E-state index in [0.717, 1.165) is 25.7 Å². The first-order valence-electron chi connectivity index (χ1n) is 5.95. The fourth-order valence-electron chi connectivity index (χ4n) is 3.47. The lowest BCUT2D eigenvalue weighted by Gasteiger charge is -2.41. The molecule has 4 heteroatoms. The van der Waals surface area contributed by atoms with Crippen molar-refractivity contribution in [3.63, 3.8) is 0 Å². The van der Waals surface area contributed by atoms with Crippen LogP contribution in [0.15, 0.2) is 0 Å². The monoisotopic (exact) mass is 232 g/mol. The highest BCUT2D eigenvalue weighted by Gasteiger charge is 2.42. The Morgan fingerprint density at radius 2 is 1.87 bits per heavy atom. The van der Waals surface area contributed by atoms with Crippen molar-refractivity contribution in [1.82, 2.24) is 0 Å². The first kappa shape index (κ1) is 11.4. The maximum Gasteiger partial charge on any atom is 0.268 e. The third-order valence-electron chi connectivity index (χ3n) is 4.23. The van der Waals surface area contributed by atoms with Crippen molar-refractivity contribution >= 4 is 10.1 Å². The van der Waals surface area contributed by atoms with Gasteiger partial charge in [-0.1, -0.05) is 26.2 Å². The van der Waals surface area contributed by atoms with Crippen LogP contribution in [0.3, 0.4) is 0 Å². The van der Waals surface area contributed by atoms with Gasteiger partial charge in [0.2, 0.25) is 0 Å². The van der Waals surface area contributed by atoms with Gasteiger partial charge in [-0.25, -0.2) is 0 Å². The summed E-state index contributed by atoms with van der Waals surface area (Å²) >= 11 is 0. The van der Waals surface area contributed by atoms with Crippen LogP contribution in [0.1, 0.15) is 45.4 Å². The van der Waals surface area contributed by atoms with Gasteiger partial charge in [-0.05, 0) is 37.0 Å². The highest BCUT2D eigenvalue weighted by Crippen LogP contribution is 2.44. The molecule has 4 unspecified atom stereocenters. The van der Waals surface area contributed by atoms with Gasteiger partial charge in [0.05, 0.1) is 5.25 Å². The Balaban J connectivity index is 2.18. The van der Waals surface area contributed by atoms with Crippen LogP contribution in [0.25, 0.3) is 0 Å². The topological polar surface area (TPSA) is 54.4 Å². The second kappa shape index (κ2) is 4.06. The van der Waals surface area contributed by atoms with Crippen molar-refractivity contribution in [2.75, 3.05) is 0 Å². The van der Waals surface area contributed by atoms with E-state index in [1.54, 1.807) is 0 Å². The molecule has 1 N–H and O–H groups in total. The van der Waals surface area contributed by atoms with E-state index in [9.17, 15) is 13.0 Å². The molecule has 2 rings (SSSR count). The molecule has 0 saturated heterocycles. The minimum Gasteiger partial charge on any atom is -0.285 e. The summed E-state index contributed by atoms with van der Waals surface area (Å²) in [5, 5.41) is -0.473. The summed E-state index contributed by atoms with van der Waals surface area (Å²) in [5.41, 5.74) is 0. The van der Waals surface area contributed by atoms with E-state index in [0.29, 0.717) is 18.3 Å². The van der Waals surface area contributed by atoms with Gasteiger partial charge in [-0.2, -0.15) is 8.42 Å². The third kappa shape index (κ3) is 2.36. The first-order valence-corrected chi connectivity index (χ1v) is 7.45. The maximum absolute atomic E-state index is 11.3. The average molecular weight is 232 g/mol. The highest BCUT2D eigenvalue weighted by molar-refractivity contribution is 7.86. The Bertz CT molecular complexity index is 323. The van der Waals surface area contributed by atoms with Gasteiger partial charge in [0, 0.05) is 0 Å². The molecule has 0 aliphatic heterocycles. The zero-order chi connectivity index (χ0) is 11.1.